The lowest BCUT2D eigenvalue weighted by Gasteiger charge is -2.18. The minimum atomic E-state index is -0.522. The van der Waals surface area contributed by atoms with E-state index in [0.29, 0.717) is 11.3 Å². The van der Waals surface area contributed by atoms with E-state index in [0.717, 1.165) is 0 Å². The third-order valence-corrected chi connectivity index (χ3v) is 1.83. The lowest BCUT2D eigenvalue weighted by atomic mass is 10.2. The molecule has 19 heavy (non-hydrogen) atoms. The molecule has 1 aromatic rings. The lowest BCUT2D eigenvalue weighted by molar-refractivity contribution is 0.0535. The third-order valence-electron chi connectivity index (χ3n) is 1.83. The van der Waals surface area contributed by atoms with E-state index in [1.807, 2.05) is 6.07 Å². The molecule has 0 unspecified atom stereocenters. The molecule has 0 spiro atoms. The standard InChI is InChI=1S/C14H15N3O2/c1-14(2,3)19-13(18)16-8-4-5-12-7-6-11(9-15)10-17-12/h6-7,10H,8H2,1-3H3,(H,16,18). The zero-order valence-electron chi connectivity index (χ0n) is 11.2. The fourth-order valence-corrected chi connectivity index (χ4v) is 1.10. The summed E-state index contributed by atoms with van der Waals surface area (Å²) in [5.41, 5.74) is 0.508. The Morgan fingerprint density at radius 1 is 1.47 bits per heavy atom. The Bertz CT molecular complexity index is 539. The molecule has 1 aromatic heterocycles. The monoisotopic (exact) mass is 257 g/mol. The number of carbonyl (C=O) groups is 1. The highest BCUT2D eigenvalue weighted by atomic mass is 16.6. The van der Waals surface area contributed by atoms with Gasteiger partial charge in [-0.2, -0.15) is 5.26 Å². The van der Waals surface area contributed by atoms with Crippen molar-refractivity contribution in [3.63, 3.8) is 0 Å². The van der Waals surface area contributed by atoms with Gasteiger partial charge < -0.3 is 10.1 Å². The zero-order chi connectivity index (χ0) is 14.3. The van der Waals surface area contributed by atoms with Gasteiger partial charge in [0.05, 0.1) is 12.1 Å². The van der Waals surface area contributed by atoms with E-state index < -0.39 is 11.7 Å². The number of hydrogen-bond donors (Lipinski definition) is 1. The first-order valence-electron chi connectivity index (χ1n) is 5.72. The molecule has 0 bridgehead atoms. The summed E-state index contributed by atoms with van der Waals surface area (Å²) in [6.07, 6.45) is 0.945. The summed E-state index contributed by atoms with van der Waals surface area (Å²) in [4.78, 5) is 15.3. The molecule has 0 aromatic carbocycles. The van der Waals surface area contributed by atoms with Crippen LogP contribution in [0, 0.1) is 23.2 Å². The highest BCUT2D eigenvalue weighted by Gasteiger charge is 2.14. The van der Waals surface area contributed by atoms with Gasteiger partial charge in [-0.05, 0) is 38.8 Å². The summed E-state index contributed by atoms with van der Waals surface area (Å²) in [5.74, 6) is 5.52. The van der Waals surface area contributed by atoms with Crippen LogP contribution in [0.5, 0.6) is 0 Å². The van der Waals surface area contributed by atoms with Crippen LogP contribution in [0.3, 0.4) is 0 Å². The first-order valence-corrected chi connectivity index (χ1v) is 5.72. The number of carbonyl (C=O) groups excluding carboxylic acids is 1. The molecule has 0 atom stereocenters. The number of nitriles is 1. The largest absolute Gasteiger partial charge is 0.444 e. The number of ether oxygens (including phenoxy) is 1. The number of alkyl carbamates (subject to hydrolysis) is 1. The number of amides is 1. The van der Waals surface area contributed by atoms with E-state index in [1.54, 1.807) is 32.9 Å². The molecule has 5 heteroatoms. The van der Waals surface area contributed by atoms with Gasteiger partial charge in [-0.1, -0.05) is 5.92 Å². The smallest absolute Gasteiger partial charge is 0.408 e. The van der Waals surface area contributed by atoms with Gasteiger partial charge in [0, 0.05) is 6.20 Å². The predicted molar refractivity (Wildman–Crippen MR) is 70.1 cm³/mol. The molecule has 0 aliphatic rings. The maximum atomic E-state index is 11.3. The van der Waals surface area contributed by atoms with Gasteiger partial charge in [0.15, 0.2) is 0 Å². The number of hydrogen-bond acceptors (Lipinski definition) is 4. The van der Waals surface area contributed by atoms with Crippen molar-refractivity contribution in [2.75, 3.05) is 6.54 Å². The van der Waals surface area contributed by atoms with Crippen LogP contribution < -0.4 is 5.32 Å². The Morgan fingerprint density at radius 3 is 2.74 bits per heavy atom. The molecule has 0 aliphatic carbocycles. The maximum absolute atomic E-state index is 11.3. The van der Waals surface area contributed by atoms with Crippen molar-refractivity contribution in [1.29, 1.82) is 5.26 Å². The molecule has 1 N–H and O–H groups in total. The van der Waals surface area contributed by atoms with E-state index in [2.05, 4.69) is 22.1 Å². The SMILES string of the molecule is CC(C)(C)OC(=O)NCC#Cc1ccc(C#N)cn1. The van der Waals surface area contributed by atoms with Crippen LogP contribution in [0.2, 0.25) is 0 Å². The summed E-state index contributed by atoms with van der Waals surface area (Å²) >= 11 is 0. The Kier molecular flexibility index (Phi) is 4.91. The number of nitrogens with one attached hydrogen (secondary N) is 1. The van der Waals surface area contributed by atoms with E-state index in [-0.39, 0.29) is 6.54 Å². The molecule has 1 rings (SSSR count). The predicted octanol–water partition coefficient (Wildman–Crippen LogP) is 1.83. The normalized spacial score (nSPS) is 9.79. The van der Waals surface area contributed by atoms with E-state index in [9.17, 15) is 4.79 Å². The van der Waals surface area contributed by atoms with Crippen LogP contribution in [0.4, 0.5) is 4.79 Å². The second-order valence-corrected chi connectivity index (χ2v) is 4.70. The average Bonchev–Trinajstić information content (AvgIpc) is 2.33. The highest BCUT2D eigenvalue weighted by molar-refractivity contribution is 5.68. The summed E-state index contributed by atoms with van der Waals surface area (Å²) in [5, 5.41) is 11.1. The fourth-order valence-electron chi connectivity index (χ4n) is 1.10. The number of rotatable bonds is 1. The Balaban J connectivity index is 2.43. The molecular weight excluding hydrogens is 242 g/mol. The molecule has 5 nitrogen and oxygen atoms in total. The van der Waals surface area contributed by atoms with E-state index in [1.165, 1.54) is 6.20 Å². The molecule has 1 amide bonds. The summed E-state index contributed by atoms with van der Waals surface area (Å²) in [6.45, 7) is 5.55. The summed E-state index contributed by atoms with van der Waals surface area (Å²) in [7, 11) is 0. The van der Waals surface area contributed by atoms with Gasteiger partial charge in [0.25, 0.3) is 0 Å². The van der Waals surface area contributed by atoms with Crippen molar-refractivity contribution in [2.24, 2.45) is 0 Å². The van der Waals surface area contributed by atoms with Crippen molar-refractivity contribution in [2.45, 2.75) is 26.4 Å². The van der Waals surface area contributed by atoms with E-state index in [4.69, 9.17) is 10.00 Å². The molecule has 0 fully saturated rings. The maximum Gasteiger partial charge on any atom is 0.408 e. The second-order valence-electron chi connectivity index (χ2n) is 4.70. The Morgan fingerprint density at radius 2 is 2.21 bits per heavy atom. The van der Waals surface area contributed by atoms with Crippen molar-refractivity contribution >= 4 is 6.09 Å². The van der Waals surface area contributed by atoms with Gasteiger partial charge >= 0.3 is 6.09 Å². The molecular formula is C14H15N3O2. The van der Waals surface area contributed by atoms with Crippen LogP contribution in [-0.2, 0) is 4.74 Å². The highest BCUT2D eigenvalue weighted by Crippen LogP contribution is 2.05. The zero-order valence-corrected chi connectivity index (χ0v) is 11.2. The van der Waals surface area contributed by atoms with Gasteiger partial charge in [-0.15, -0.1) is 0 Å². The number of aromatic nitrogens is 1. The third kappa shape index (κ3) is 6.09. The van der Waals surface area contributed by atoms with Gasteiger partial charge in [-0.3, -0.25) is 0 Å². The molecule has 0 saturated carbocycles. The second kappa shape index (κ2) is 6.42. The topological polar surface area (TPSA) is 75.0 Å². The van der Waals surface area contributed by atoms with Crippen LogP contribution in [0.25, 0.3) is 0 Å². The van der Waals surface area contributed by atoms with Crippen LogP contribution in [0.15, 0.2) is 18.3 Å². The number of nitrogens with zero attached hydrogens (tertiary/aromatic N) is 2. The average molecular weight is 257 g/mol. The molecule has 0 saturated heterocycles. The minimum absolute atomic E-state index is 0.177. The van der Waals surface area contributed by atoms with Crippen LogP contribution >= 0.6 is 0 Å². The molecule has 0 aliphatic heterocycles. The van der Waals surface area contributed by atoms with E-state index >= 15 is 0 Å². The van der Waals surface area contributed by atoms with Gasteiger partial charge in [-0.25, -0.2) is 9.78 Å². The van der Waals surface area contributed by atoms with Crippen molar-refractivity contribution in [1.82, 2.24) is 10.3 Å². The number of pyridine rings is 1. The fraction of sp³-hybridized carbons (Fsp3) is 0.357. The van der Waals surface area contributed by atoms with Gasteiger partial charge in [0.1, 0.15) is 17.4 Å². The Labute approximate surface area is 112 Å². The molecule has 1 heterocycles. The summed E-state index contributed by atoms with van der Waals surface area (Å²) in [6, 6.07) is 5.26. The lowest BCUT2D eigenvalue weighted by Crippen LogP contribution is -2.32. The van der Waals surface area contributed by atoms with Crippen molar-refractivity contribution in [3.8, 4) is 17.9 Å². The van der Waals surface area contributed by atoms with Crippen LogP contribution in [-0.4, -0.2) is 23.2 Å². The minimum Gasteiger partial charge on any atom is -0.444 e. The van der Waals surface area contributed by atoms with Crippen molar-refractivity contribution in [3.05, 3.63) is 29.6 Å². The van der Waals surface area contributed by atoms with Crippen LogP contribution in [0.1, 0.15) is 32.0 Å². The van der Waals surface area contributed by atoms with Gasteiger partial charge in [0.2, 0.25) is 0 Å². The first kappa shape index (κ1) is 14.5. The summed E-state index contributed by atoms with van der Waals surface area (Å²) < 4.78 is 5.05. The van der Waals surface area contributed by atoms with Crippen molar-refractivity contribution < 1.29 is 9.53 Å². The Hall–Kier alpha value is -2.53. The molecule has 98 valence electrons. The first-order chi connectivity index (χ1) is 8.90. The molecule has 0 radical (unpaired) electrons. The quantitative estimate of drug-likeness (QED) is 0.779.